The largest absolute Gasteiger partial charge is 0.381 e. The number of hydrogen-bond acceptors (Lipinski definition) is 2. The third kappa shape index (κ3) is 2.68. The van der Waals surface area contributed by atoms with Gasteiger partial charge in [-0.15, -0.1) is 0 Å². The third-order valence-electron chi connectivity index (χ3n) is 5.39. The molecule has 5 atom stereocenters. The van der Waals surface area contributed by atoms with Crippen molar-refractivity contribution >= 4 is 0 Å². The second-order valence-corrected chi connectivity index (χ2v) is 6.53. The van der Waals surface area contributed by atoms with Crippen LogP contribution < -0.4 is 5.32 Å². The molecular weight excluding hydrogens is 210 g/mol. The number of fused-ring (bicyclic) bond motifs is 2. The molecule has 2 saturated carbocycles. The number of ether oxygens (including phenoxy) is 1. The maximum Gasteiger partial charge on any atom is 0.0480 e. The van der Waals surface area contributed by atoms with Crippen molar-refractivity contribution in [2.24, 2.45) is 17.8 Å². The monoisotopic (exact) mass is 237 g/mol. The second-order valence-electron chi connectivity index (χ2n) is 6.53. The van der Waals surface area contributed by atoms with Crippen LogP contribution >= 0.6 is 0 Å². The predicted octanol–water partition coefficient (Wildman–Crippen LogP) is 2.97. The van der Waals surface area contributed by atoms with Gasteiger partial charge in [-0.25, -0.2) is 0 Å². The van der Waals surface area contributed by atoms with E-state index in [4.69, 9.17) is 4.74 Å². The van der Waals surface area contributed by atoms with Gasteiger partial charge in [0.05, 0.1) is 0 Å². The quantitative estimate of drug-likeness (QED) is 0.815. The van der Waals surface area contributed by atoms with Gasteiger partial charge in [0.1, 0.15) is 0 Å². The van der Waals surface area contributed by atoms with Crippen molar-refractivity contribution in [3.63, 3.8) is 0 Å². The molecule has 2 nitrogen and oxygen atoms in total. The van der Waals surface area contributed by atoms with Crippen LogP contribution in [-0.4, -0.2) is 25.3 Å². The van der Waals surface area contributed by atoms with Gasteiger partial charge >= 0.3 is 0 Å². The van der Waals surface area contributed by atoms with Gasteiger partial charge in [0.25, 0.3) is 0 Å². The average Bonchev–Trinajstić information content (AvgIpc) is 2.87. The van der Waals surface area contributed by atoms with Crippen LogP contribution in [-0.2, 0) is 4.74 Å². The Morgan fingerprint density at radius 2 is 2.00 bits per heavy atom. The molecule has 98 valence electrons. The Bertz CT molecular complexity index is 247. The van der Waals surface area contributed by atoms with E-state index in [0.29, 0.717) is 6.04 Å². The van der Waals surface area contributed by atoms with Crippen LogP contribution in [0.25, 0.3) is 0 Å². The molecule has 2 aliphatic carbocycles. The van der Waals surface area contributed by atoms with Gasteiger partial charge in [-0.2, -0.15) is 0 Å². The summed E-state index contributed by atoms with van der Waals surface area (Å²) < 4.78 is 5.54. The summed E-state index contributed by atoms with van der Waals surface area (Å²) in [7, 11) is 0. The van der Waals surface area contributed by atoms with Crippen molar-refractivity contribution in [1.82, 2.24) is 5.32 Å². The summed E-state index contributed by atoms with van der Waals surface area (Å²) in [6.07, 6.45) is 9.82. The molecule has 3 fully saturated rings. The molecule has 0 radical (unpaired) electrons. The third-order valence-corrected chi connectivity index (χ3v) is 5.39. The van der Waals surface area contributed by atoms with Crippen molar-refractivity contribution in [2.45, 2.75) is 64.0 Å². The van der Waals surface area contributed by atoms with Crippen molar-refractivity contribution in [2.75, 3.05) is 13.2 Å². The van der Waals surface area contributed by atoms with E-state index in [0.717, 1.165) is 37.0 Å². The maximum absolute atomic E-state index is 5.54. The topological polar surface area (TPSA) is 21.3 Å². The molecule has 2 bridgehead atoms. The van der Waals surface area contributed by atoms with Gasteiger partial charge < -0.3 is 10.1 Å². The lowest BCUT2D eigenvalue weighted by Crippen LogP contribution is -2.42. The second kappa shape index (κ2) is 5.27. The Labute approximate surface area is 105 Å². The highest BCUT2D eigenvalue weighted by molar-refractivity contribution is 4.94. The van der Waals surface area contributed by atoms with E-state index in [1.165, 1.54) is 44.9 Å². The van der Waals surface area contributed by atoms with Crippen molar-refractivity contribution in [3.8, 4) is 0 Å². The summed E-state index contributed by atoms with van der Waals surface area (Å²) in [5.74, 6) is 3.09. The van der Waals surface area contributed by atoms with Gasteiger partial charge in [0.15, 0.2) is 0 Å². The first-order chi connectivity index (χ1) is 8.33. The van der Waals surface area contributed by atoms with E-state index in [9.17, 15) is 0 Å². The Balaban J connectivity index is 1.50. The fourth-order valence-electron chi connectivity index (χ4n) is 4.47. The minimum absolute atomic E-state index is 0.714. The zero-order valence-corrected chi connectivity index (χ0v) is 11.2. The van der Waals surface area contributed by atoms with Crippen molar-refractivity contribution < 1.29 is 4.74 Å². The lowest BCUT2D eigenvalue weighted by molar-refractivity contribution is 0.141. The smallest absolute Gasteiger partial charge is 0.0480 e. The molecule has 1 heterocycles. The maximum atomic E-state index is 5.54. The first-order valence-electron chi connectivity index (χ1n) is 7.66. The van der Waals surface area contributed by atoms with E-state index in [-0.39, 0.29) is 0 Å². The molecular formula is C15H27NO. The van der Waals surface area contributed by atoms with Crippen molar-refractivity contribution in [3.05, 3.63) is 0 Å². The molecule has 5 unspecified atom stereocenters. The number of rotatable bonds is 3. The van der Waals surface area contributed by atoms with Gasteiger partial charge in [-0.05, 0) is 63.2 Å². The molecule has 0 amide bonds. The Morgan fingerprint density at radius 3 is 2.76 bits per heavy atom. The van der Waals surface area contributed by atoms with Crippen LogP contribution in [0.2, 0.25) is 0 Å². The molecule has 3 aliphatic rings. The minimum atomic E-state index is 0.714. The summed E-state index contributed by atoms with van der Waals surface area (Å²) in [6.45, 7) is 4.36. The summed E-state index contributed by atoms with van der Waals surface area (Å²) in [6, 6.07) is 1.44. The summed E-state index contributed by atoms with van der Waals surface area (Å²) in [5.41, 5.74) is 0. The molecule has 2 heteroatoms. The van der Waals surface area contributed by atoms with E-state index in [1.54, 1.807) is 0 Å². The Morgan fingerprint density at radius 1 is 1.06 bits per heavy atom. The number of hydrogen-bond donors (Lipinski definition) is 1. The molecule has 1 aliphatic heterocycles. The highest BCUT2D eigenvalue weighted by Gasteiger charge is 2.41. The van der Waals surface area contributed by atoms with Gasteiger partial charge in [-0.3, -0.25) is 0 Å². The van der Waals surface area contributed by atoms with E-state index in [2.05, 4.69) is 12.2 Å². The minimum Gasteiger partial charge on any atom is -0.381 e. The van der Waals surface area contributed by atoms with E-state index in [1.807, 2.05) is 0 Å². The molecule has 0 spiro atoms. The van der Waals surface area contributed by atoms with Crippen LogP contribution in [0.5, 0.6) is 0 Å². The normalized spacial score (nSPS) is 43.6. The Hall–Kier alpha value is -0.0800. The van der Waals surface area contributed by atoms with Crippen LogP contribution in [0.4, 0.5) is 0 Å². The van der Waals surface area contributed by atoms with Crippen molar-refractivity contribution in [1.29, 1.82) is 0 Å². The SMILES string of the molecule is CC(NC1CCCOCC1)C1CC2CCC1C2. The zero-order chi connectivity index (χ0) is 11.7. The van der Waals surface area contributed by atoms with Crippen LogP contribution in [0.1, 0.15) is 51.9 Å². The van der Waals surface area contributed by atoms with Gasteiger partial charge in [0.2, 0.25) is 0 Å². The first kappa shape index (κ1) is 12.0. The van der Waals surface area contributed by atoms with Gasteiger partial charge in [0, 0.05) is 25.3 Å². The molecule has 1 N–H and O–H groups in total. The van der Waals surface area contributed by atoms with E-state index >= 15 is 0 Å². The van der Waals surface area contributed by atoms with Gasteiger partial charge in [-0.1, -0.05) is 6.42 Å². The summed E-state index contributed by atoms with van der Waals surface area (Å²) >= 11 is 0. The first-order valence-corrected chi connectivity index (χ1v) is 7.66. The summed E-state index contributed by atoms with van der Waals surface area (Å²) in [4.78, 5) is 0. The van der Waals surface area contributed by atoms with Crippen LogP contribution in [0.3, 0.4) is 0 Å². The van der Waals surface area contributed by atoms with Crippen LogP contribution in [0, 0.1) is 17.8 Å². The molecule has 0 aromatic heterocycles. The predicted molar refractivity (Wildman–Crippen MR) is 70.0 cm³/mol. The molecule has 0 aromatic carbocycles. The Kier molecular flexibility index (Phi) is 3.72. The lowest BCUT2D eigenvalue weighted by atomic mass is 9.83. The lowest BCUT2D eigenvalue weighted by Gasteiger charge is -2.31. The standard InChI is InChI=1S/C15H27NO/c1-11(15-10-12-4-5-13(15)9-12)16-14-3-2-7-17-8-6-14/h11-16H,2-10H2,1H3. The molecule has 1 saturated heterocycles. The number of nitrogens with one attached hydrogen (secondary N) is 1. The molecule has 0 aromatic rings. The summed E-state index contributed by atoms with van der Waals surface area (Å²) in [5, 5.41) is 3.91. The highest BCUT2D eigenvalue weighted by atomic mass is 16.5. The van der Waals surface area contributed by atoms with E-state index < -0.39 is 0 Å². The average molecular weight is 237 g/mol. The fourth-order valence-corrected chi connectivity index (χ4v) is 4.47. The fraction of sp³-hybridized carbons (Fsp3) is 1.00. The van der Waals surface area contributed by atoms with Crippen LogP contribution in [0.15, 0.2) is 0 Å². The zero-order valence-electron chi connectivity index (χ0n) is 11.2. The highest BCUT2D eigenvalue weighted by Crippen LogP contribution is 2.49. The molecule has 3 rings (SSSR count). The molecule has 17 heavy (non-hydrogen) atoms.